The van der Waals surface area contributed by atoms with E-state index in [1.807, 2.05) is 6.92 Å². The first-order chi connectivity index (χ1) is 14.8. The van der Waals surface area contributed by atoms with Crippen molar-refractivity contribution in [2.24, 2.45) is 0 Å². The summed E-state index contributed by atoms with van der Waals surface area (Å²) in [6.07, 6.45) is 0. The molecule has 0 saturated carbocycles. The second-order valence-electron chi connectivity index (χ2n) is 6.52. The number of ether oxygens (including phenoxy) is 3. The van der Waals surface area contributed by atoms with Crippen LogP contribution in [0, 0.1) is 13.8 Å². The average Bonchev–Trinajstić information content (AvgIpc) is 3.08. The lowest BCUT2D eigenvalue weighted by molar-refractivity contribution is -0.0498. The molecule has 0 radical (unpaired) electrons. The van der Waals surface area contributed by atoms with Gasteiger partial charge in [-0.2, -0.15) is 8.78 Å². The Morgan fingerprint density at radius 2 is 1.58 bits per heavy atom. The number of rotatable bonds is 9. The molecule has 0 atom stereocenters. The van der Waals surface area contributed by atoms with Gasteiger partial charge in [-0.1, -0.05) is 5.16 Å². The van der Waals surface area contributed by atoms with E-state index in [0.717, 1.165) is 11.3 Å². The van der Waals surface area contributed by atoms with Crippen molar-refractivity contribution >= 4 is 11.8 Å². The highest BCUT2D eigenvalue weighted by Gasteiger charge is 2.14. The van der Waals surface area contributed by atoms with Gasteiger partial charge in [0.05, 0.1) is 16.8 Å². The van der Waals surface area contributed by atoms with Crippen LogP contribution in [-0.4, -0.2) is 30.1 Å². The first-order valence-electron chi connectivity index (χ1n) is 9.23. The van der Waals surface area contributed by atoms with Gasteiger partial charge < -0.3 is 18.7 Å². The lowest BCUT2D eigenvalue weighted by Crippen LogP contribution is -2.14. The summed E-state index contributed by atoms with van der Waals surface area (Å²) in [6, 6.07) is 11.4. The van der Waals surface area contributed by atoms with Gasteiger partial charge in [0.1, 0.15) is 23.9 Å². The molecule has 0 aliphatic heterocycles. The maximum absolute atomic E-state index is 12.2. The van der Waals surface area contributed by atoms with E-state index in [-0.39, 0.29) is 23.5 Å². The van der Waals surface area contributed by atoms with E-state index in [9.17, 15) is 18.4 Å². The number of benzene rings is 2. The van der Waals surface area contributed by atoms with Crippen LogP contribution in [0.4, 0.5) is 8.78 Å². The molecule has 1 aromatic heterocycles. The minimum absolute atomic E-state index is 0.0693. The van der Waals surface area contributed by atoms with Crippen LogP contribution in [0.3, 0.4) is 0 Å². The zero-order valence-corrected chi connectivity index (χ0v) is 16.8. The van der Waals surface area contributed by atoms with Gasteiger partial charge in [0.15, 0.2) is 12.4 Å². The first-order valence-corrected chi connectivity index (χ1v) is 9.23. The van der Waals surface area contributed by atoms with Gasteiger partial charge in [-0.3, -0.25) is 4.79 Å². The third-order valence-electron chi connectivity index (χ3n) is 4.39. The highest BCUT2D eigenvalue weighted by atomic mass is 19.3. The van der Waals surface area contributed by atoms with Crippen molar-refractivity contribution in [1.29, 1.82) is 0 Å². The first kappa shape index (κ1) is 21.9. The number of carbonyl (C=O) groups is 2. The Hall–Kier alpha value is -3.75. The van der Waals surface area contributed by atoms with Crippen LogP contribution >= 0.6 is 0 Å². The van der Waals surface area contributed by atoms with E-state index in [1.54, 1.807) is 19.1 Å². The van der Waals surface area contributed by atoms with Crippen LogP contribution in [0.2, 0.25) is 0 Å². The van der Waals surface area contributed by atoms with Gasteiger partial charge in [-0.15, -0.1) is 0 Å². The minimum atomic E-state index is -2.95. The number of hydrogen-bond donors (Lipinski definition) is 0. The summed E-state index contributed by atoms with van der Waals surface area (Å²) in [6.45, 7) is 0.458. The molecule has 0 aliphatic carbocycles. The standard InChI is InChI=1S/C22H19F2NO6/c1-13-19(14(2)31-25-13)11-28-17-7-5-16(6-8-17)21(27)29-12-20(26)15-3-9-18(10-4-15)30-22(23)24/h3-10,22H,11-12H2,1-2H3. The van der Waals surface area contributed by atoms with E-state index in [4.69, 9.17) is 14.0 Å². The highest BCUT2D eigenvalue weighted by Crippen LogP contribution is 2.19. The fourth-order valence-electron chi connectivity index (χ4n) is 2.67. The molecule has 0 spiro atoms. The second-order valence-corrected chi connectivity index (χ2v) is 6.52. The van der Waals surface area contributed by atoms with E-state index < -0.39 is 25.0 Å². The Morgan fingerprint density at radius 3 is 2.16 bits per heavy atom. The normalized spacial score (nSPS) is 10.7. The molecule has 31 heavy (non-hydrogen) atoms. The number of Topliss-reactive ketones (excluding diaryl/α,β-unsaturated/α-hetero) is 1. The molecule has 7 nitrogen and oxygen atoms in total. The maximum Gasteiger partial charge on any atom is 0.387 e. The van der Waals surface area contributed by atoms with Gasteiger partial charge in [-0.25, -0.2) is 4.79 Å². The predicted molar refractivity (Wildman–Crippen MR) is 104 cm³/mol. The Kier molecular flexibility index (Phi) is 6.96. The Morgan fingerprint density at radius 1 is 0.968 bits per heavy atom. The largest absolute Gasteiger partial charge is 0.489 e. The summed E-state index contributed by atoms with van der Waals surface area (Å²) in [4.78, 5) is 24.3. The van der Waals surface area contributed by atoms with Gasteiger partial charge in [-0.05, 0) is 62.4 Å². The molecule has 162 valence electrons. The van der Waals surface area contributed by atoms with Crippen LogP contribution in [0.15, 0.2) is 53.1 Å². The van der Waals surface area contributed by atoms with Crippen molar-refractivity contribution in [3.63, 3.8) is 0 Å². The molecular formula is C22H19F2NO6. The number of hydrogen-bond acceptors (Lipinski definition) is 7. The van der Waals surface area contributed by atoms with Gasteiger partial charge in [0, 0.05) is 5.56 Å². The molecule has 1 heterocycles. The molecule has 0 aliphatic rings. The van der Waals surface area contributed by atoms with Crippen molar-refractivity contribution in [2.45, 2.75) is 27.1 Å². The average molecular weight is 431 g/mol. The van der Waals surface area contributed by atoms with Gasteiger partial charge >= 0.3 is 12.6 Å². The Labute approximate surface area is 176 Å². The topological polar surface area (TPSA) is 87.9 Å². The molecular weight excluding hydrogens is 412 g/mol. The van der Waals surface area contributed by atoms with Crippen LogP contribution < -0.4 is 9.47 Å². The molecule has 0 N–H and O–H groups in total. The molecule has 9 heteroatoms. The Balaban J connectivity index is 1.50. The number of ketones is 1. The van der Waals surface area contributed by atoms with Crippen LogP contribution in [0.1, 0.15) is 37.7 Å². The number of esters is 1. The summed E-state index contributed by atoms with van der Waals surface area (Å²) in [5.74, 6) is -0.00266. The van der Waals surface area contributed by atoms with E-state index >= 15 is 0 Å². The van der Waals surface area contributed by atoms with Gasteiger partial charge in [0.25, 0.3) is 0 Å². The molecule has 2 aromatic carbocycles. The summed E-state index contributed by atoms with van der Waals surface area (Å²) in [5.41, 5.74) is 2.06. The molecule has 0 amide bonds. The molecule has 0 unspecified atom stereocenters. The van der Waals surface area contributed by atoms with Crippen LogP contribution in [0.25, 0.3) is 0 Å². The van der Waals surface area contributed by atoms with Crippen molar-refractivity contribution in [3.05, 3.63) is 76.7 Å². The Bertz CT molecular complexity index is 1030. The molecule has 0 fully saturated rings. The van der Waals surface area contributed by atoms with Crippen molar-refractivity contribution in [2.75, 3.05) is 6.61 Å². The highest BCUT2D eigenvalue weighted by molar-refractivity contribution is 5.99. The molecule has 3 aromatic rings. The zero-order valence-electron chi connectivity index (χ0n) is 16.8. The summed E-state index contributed by atoms with van der Waals surface area (Å²) in [7, 11) is 0. The van der Waals surface area contributed by atoms with Crippen LogP contribution in [0.5, 0.6) is 11.5 Å². The van der Waals surface area contributed by atoms with Gasteiger partial charge in [0.2, 0.25) is 0 Å². The summed E-state index contributed by atoms with van der Waals surface area (Å²) < 4.78 is 44.3. The lowest BCUT2D eigenvalue weighted by atomic mass is 10.1. The number of carbonyl (C=O) groups excluding carboxylic acids is 2. The lowest BCUT2D eigenvalue weighted by Gasteiger charge is -2.08. The zero-order chi connectivity index (χ0) is 22.4. The monoisotopic (exact) mass is 431 g/mol. The third kappa shape index (κ3) is 5.88. The van der Waals surface area contributed by atoms with Crippen molar-refractivity contribution in [1.82, 2.24) is 5.16 Å². The fraction of sp³-hybridized carbons (Fsp3) is 0.227. The van der Waals surface area contributed by atoms with Crippen LogP contribution in [-0.2, 0) is 11.3 Å². The van der Waals surface area contributed by atoms with E-state index in [1.165, 1.54) is 36.4 Å². The quantitative estimate of drug-likeness (QED) is 0.364. The predicted octanol–water partition coefficient (Wildman–Crippen LogP) is 4.51. The number of aromatic nitrogens is 1. The SMILES string of the molecule is Cc1noc(C)c1COc1ccc(C(=O)OCC(=O)c2ccc(OC(F)F)cc2)cc1. The second kappa shape index (κ2) is 9.84. The number of nitrogens with zero attached hydrogens (tertiary/aromatic N) is 1. The molecule has 0 saturated heterocycles. The van der Waals surface area contributed by atoms with Crippen molar-refractivity contribution in [3.8, 4) is 11.5 Å². The number of aryl methyl sites for hydroxylation is 2. The number of alkyl halides is 2. The molecule has 0 bridgehead atoms. The maximum atomic E-state index is 12.2. The number of halogens is 2. The van der Waals surface area contributed by atoms with E-state index in [2.05, 4.69) is 9.89 Å². The van der Waals surface area contributed by atoms with Crippen molar-refractivity contribution < 1.29 is 37.1 Å². The molecule has 3 rings (SSSR count). The third-order valence-corrected chi connectivity index (χ3v) is 4.39. The summed E-state index contributed by atoms with van der Waals surface area (Å²) >= 11 is 0. The summed E-state index contributed by atoms with van der Waals surface area (Å²) in [5, 5.41) is 3.86. The minimum Gasteiger partial charge on any atom is -0.489 e. The smallest absolute Gasteiger partial charge is 0.387 e. The fourth-order valence-corrected chi connectivity index (χ4v) is 2.67. The van der Waals surface area contributed by atoms with E-state index in [0.29, 0.717) is 11.5 Å².